The molecule has 20 heteroatoms. The third-order valence-electron chi connectivity index (χ3n) is 18.6. The Morgan fingerprint density at radius 2 is 1.56 bits per heavy atom. The van der Waals surface area contributed by atoms with Crippen molar-refractivity contribution in [2.24, 2.45) is 40.4 Å². The lowest BCUT2D eigenvalue weighted by molar-refractivity contribution is -0.199. The minimum Gasteiger partial charge on any atom is -0.379 e. The monoisotopic (exact) mass is 1140 g/mol. The number of benzene rings is 1. The molecule has 0 aromatic heterocycles. The number of amides is 8. The molecule has 4 fully saturated rings. The van der Waals surface area contributed by atoms with Crippen molar-refractivity contribution in [1.29, 1.82) is 0 Å². The first-order chi connectivity index (χ1) is 38.4. The highest BCUT2D eigenvalue weighted by Gasteiger charge is 2.84. The van der Waals surface area contributed by atoms with Crippen molar-refractivity contribution in [3.63, 3.8) is 0 Å². The van der Waals surface area contributed by atoms with Gasteiger partial charge in [-0.05, 0) is 106 Å². The Balaban J connectivity index is 1.21. The van der Waals surface area contributed by atoms with Crippen molar-refractivity contribution in [2.75, 3.05) is 54.6 Å². The summed E-state index contributed by atoms with van der Waals surface area (Å²) in [4.78, 5) is 123. The number of hydrogen-bond acceptors (Lipinski definition) is 13. The smallest absolute Gasteiger partial charge is 0.269 e. The van der Waals surface area contributed by atoms with Gasteiger partial charge in [0.15, 0.2) is 0 Å². The highest BCUT2D eigenvalue weighted by atomic mass is 16.7. The van der Waals surface area contributed by atoms with Crippen LogP contribution >= 0.6 is 0 Å². The van der Waals surface area contributed by atoms with E-state index >= 15 is 0 Å². The standard InChI is InChI=1S/C61H101N9O11/c1-16-20-26-42-27-23-28-43(35-42)36-44(56(75)69-33-21-22-34-81-69)62-54(73)41(10)52(80-15)45-29-24-32-68(45)48(72)37-46(79-14)51(40(9)17-2)67(13)57(76)49(38(5)6)63-55(74)50(39(7)8)66(12)31-25-30-47(71)64-65-70-58(77)53-60(11,18-3)61(53,19-4)59(70)78/h23,27-28,35,38-41,44-46,49-53,65H,16-22,24-26,29-34,36-37H2,1-15H3,(H,62,73)(H,63,74)(H,64,71)/t40-,41+,44-,45-,46+,49-,50-,51-,52+,53?,60?,61?/m0/s1. The quantitative estimate of drug-likeness (QED) is 0.0498. The second kappa shape index (κ2) is 30.0. The zero-order valence-electron chi connectivity index (χ0n) is 51.7. The van der Waals surface area contributed by atoms with Crippen molar-refractivity contribution >= 4 is 47.3 Å². The van der Waals surface area contributed by atoms with Crippen LogP contribution in [-0.2, 0) is 65.5 Å². The summed E-state index contributed by atoms with van der Waals surface area (Å²) >= 11 is 0. The van der Waals surface area contributed by atoms with Gasteiger partial charge in [0, 0.05) is 47.2 Å². The van der Waals surface area contributed by atoms with Crippen molar-refractivity contribution in [3.05, 3.63) is 35.4 Å². The predicted octanol–water partition coefficient (Wildman–Crippen LogP) is 5.76. The van der Waals surface area contributed by atoms with Gasteiger partial charge in [0.05, 0.1) is 60.6 Å². The molecule has 1 saturated carbocycles. The number of likely N-dealkylation sites (tertiary alicyclic amines) is 1. The fourth-order valence-electron chi connectivity index (χ4n) is 13.5. The number of carbonyl (C=O) groups is 8. The second-order valence-corrected chi connectivity index (χ2v) is 24.4. The minimum atomic E-state index is -0.922. The Labute approximate surface area is 483 Å². The summed E-state index contributed by atoms with van der Waals surface area (Å²) in [6.45, 7) is 23.1. The van der Waals surface area contributed by atoms with Gasteiger partial charge >= 0.3 is 0 Å². The van der Waals surface area contributed by atoms with Crippen molar-refractivity contribution in [1.82, 2.24) is 46.4 Å². The number of hydrogen-bond donors (Lipinski definition) is 4. The van der Waals surface area contributed by atoms with E-state index in [1.807, 2.05) is 79.3 Å². The molecule has 3 saturated heterocycles. The second-order valence-electron chi connectivity index (χ2n) is 24.4. The van der Waals surface area contributed by atoms with Crippen LogP contribution in [0.15, 0.2) is 24.3 Å². The third-order valence-corrected chi connectivity index (χ3v) is 18.6. The van der Waals surface area contributed by atoms with Crippen molar-refractivity contribution in [3.8, 4) is 0 Å². The van der Waals surface area contributed by atoms with Crippen LogP contribution < -0.4 is 21.6 Å². The minimum absolute atomic E-state index is 0.0552. The van der Waals surface area contributed by atoms with Gasteiger partial charge in [0.2, 0.25) is 35.4 Å². The molecule has 81 heavy (non-hydrogen) atoms. The number of carbonyl (C=O) groups excluding carboxylic acids is 8. The largest absolute Gasteiger partial charge is 0.379 e. The highest BCUT2D eigenvalue weighted by molar-refractivity contribution is 6.12. The van der Waals surface area contributed by atoms with E-state index in [0.29, 0.717) is 64.8 Å². The molecular formula is C61H101N9O11. The molecule has 1 aliphatic carbocycles. The lowest BCUT2D eigenvalue weighted by Crippen LogP contribution is -2.60. The van der Waals surface area contributed by atoms with Gasteiger partial charge in [-0.3, -0.25) is 53.5 Å². The number of hydrazine groups is 2. The van der Waals surface area contributed by atoms with E-state index in [0.717, 1.165) is 42.7 Å². The van der Waals surface area contributed by atoms with E-state index in [-0.39, 0.29) is 83.8 Å². The van der Waals surface area contributed by atoms with E-state index < -0.39 is 65.6 Å². The summed E-state index contributed by atoms with van der Waals surface area (Å²) in [5, 5.41) is 8.47. The fourth-order valence-corrected chi connectivity index (χ4v) is 13.5. The van der Waals surface area contributed by atoms with E-state index in [4.69, 9.17) is 14.3 Å². The molecule has 456 valence electrons. The SMILES string of the molecule is CCCCc1cccc(C[C@H](NC(=O)[C@H](C)[C@@H](OC)[C@@H]2CCCN2C(=O)C[C@@H](OC)[C@H]([C@@H](C)CC)N(C)C(=O)[C@@H](NC(=O)[C@H](C(C)C)N(C)CCCC(=O)NNN2C(=O)C3C(C)(CC)C3(CC)C2=O)C(C)C)C(=O)N2CCCCO2)c1. The maximum atomic E-state index is 14.8. The van der Waals surface area contributed by atoms with E-state index in [2.05, 4.69) is 40.7 Å². The van der Waals surface area contributed by atoms with Crippen molar-refractivity contribution < 1.29 is 52.7 Å². The zero-order chi connectivity index (χ0) is 60.1. The number of hydroxylamine groups is 2. The summed E-state index contributed by atoms with van der Waals surface area (Å²) < 4.78 is 12.2. The van der Waals surface area contributed by atoms with Crippen LogP contribution in [0.25, 0.3) is 0 Å². The molecule has 0 radical (unpaired) electrons. The van der Waals surface area contributed by atoms with Gasteiger partial charge in [-0.1, -0.05) is 113 Å². The molecule has 5 rings (SSSR count). The summed E-state index contributed by atoms with van der Waals surface area (Å²) in [7, 11) is 6.58. The zero-order valence-corrected chi connectivity index (χ0v) is 51.7. The Hall–Kier alpha value is -5.02. The topological polar surface area (TPSA) is 229 Å². The average Bonchev–Trinajstić information content (AvgIpc) is 1.85. The first-order valence-electron chi connectivity index (χ1n) is 30.3. The van der Waals surface area contributed by atoms with Gasteiger partial charge in [0.1, 0.15) is 12.1 Å². The molecule has 3 heterocycles. The number of ether oxygens (including phenoxy) is 2. The summed E-state index contributed by atoms with van der Waals surface area (Å²) in [5.74, 6) is -4.35. The van der Waals surface area contributed by atoms with Crippen LogP contribution in [0.5, 0.6) is 0 Å². The van der Waals surface area contributed by atoms with Crippen LogP contribution in [0.4, 0.5) is 0 Å². The third kappa shape index (κ3) is 15.0. The van der Waals surface area contributed by atoms with Crippen LogP contribution in [0.3, 0.4) is 0 Å². The first kappa shape index (κ1) is 66.8. The molecular weight excluding hydrogens is 1030 g/mol. The Kier molecular flexibility index (Phi) is 24.7. The molecule has 3 unspecified atom stereocenters. The van der Waals surface area contributed by atoms with E-state index in [1.54, 1.807) is 37.9 Å². The van der Waals surface area contributed by atoms with Crippen molar-refractivity contribution in [2.45, 2.75) is 208 Å². The summed E-state index contributed by atoms with van der Waals surface area (Å²) in [6, 6.07) is 4.68. The Bertz CT molecular complexity index is 2330. The molecule has 1 aromatic rings. The molecule has 1 aromatic carbocycles. The summed E-state index contributed by atoms with van der Waals surface area (Å²) in [6.07, 6.45) is 7.11. The van der Waals surface area contributed by atoms with Crippen LogP contribution in [0.1, 0.15) is 164 Å². The lowest BCUT2D eigenvalue weighted by atomic mass is 9.89. The highest BCUT2D eigenvalue weighted by Crippen LogP contribution is 2.76. The number of fused-ring (bicyclic) bond motifs is 1. The maximum absolute atomic E-state index is 14.8. The average molecular weight is 1140 g/mol. The molecule has 0 spiro atoms. The van der Waals surface area contributed by atoms with Crippen LogP contribution in [0, 0.1) is 40.4 Å². The molecule has 0 bridgehead atoms. The normalized spacial score (nSPS) is 23.9. The Morgan fingerprint density at radius 3 is 2.14 bits per heavy atom. The predicted molar refractivity (Wildman–Crippen MR) is 309 cm³/mol. The van der Waals surface area contributed by atoms with Gasteiger partial charge in [-0.25, -0.2) is 5.06 Å². The number of nitrogens with zero attached hydrogens (tertiary/aromatic N) is 5. The van der Waals surface area contributed by atoms with Gasteiger partial charge in [-0.2, -0.15) is 5.01 Å². The number of piperidine rings is 1. The molecule has 4 N–H and O–H groups in total. The maximum Gasteiger partial charge on any atom is 0.269 e. The van der Waals surface area contributed by atoms with Gasteiger partial charge in [-0.15, -0.1) is 5.53 Å². The number of aryl methyl sites for hydroxylation is 1. The van der Waals surface area contributed by atoms with Crippen LogP contribution in [0.2, 0.25) is 0 Å². The van der Waals surface area contributed by atoms with E-state index in [1.165, 1.54) is 17.7 Å². The molecule has 3 aliphatic heterocycles. The number of nitrogens with one attached hydrogen (secondary N) is 4. The number of methoxy groups -OCH3 is 2. The molecule has 12 atom stereocenters. The molecule has 4 aliphatic rings. The van der Waals surface area contributed by atoms with E-state index in [9.17, 15) is 38.4 Å². The fraction of sp³-hybridized carbons (Fsp3) is 0.770. The van der Waals surface area contributed by atoms with Gasteiger partial charge < -0.3 is 29.9 Å². The molecule has 8 amide bonds. The van der Waals surface area contributed by atoms with Gasteiger partial charge in [0.25, 0.3) is 11.8 Å². The molecule has 20 nitrogen and oxygen atoms in total. The summed E-state index contributed by atoms with van der Waals surface area (Å²) in [5.41, 5.74) is 6.07. The number of imide groups is 1. The lowest BCUT2D eigenvalue weighted by Gasteiger charge is -2.41. The number of unbranched alkanes of at least 4 members (excludes halogenated alkanes) is 1. The Morgan fingerprint density at radius 1 is 0.852 bits per heavy atom. The first-order valence-corrected chi connectivity index (χ1v) is 30.3. The van der Waals surface area contributed by atoms with Crippen LogP contribution in [-0.4, -0.2) is 169 Å². The number of rotatable bonds is 32. The number of likely N-dealkylation sites (N-methyl/N-ethyl adjacent to an activating group) is 2.